The average molecular weight is 383 g/mol. The SMILES string of the molecule is CCCCCC(O)(CCCCCCCC(C)C)CCCCCCCC(C)C. The number of hydrogen-bond acceptors (Lipinski definition) is 1. The fraction of sp³-hybridized carbons (Fsp3) is 1.00. The van der Waals surface area contributed by atoms with Crippen LogP contribution in [-0.2, 0) is 0 Å². The fourth-order valence-electron chi connectivity index (χ4n) is 4.15. The highest BCUT2D eigenvalue weighted by Gasteiger charge is 2.25. The predicted octanol–water partition coefficient (Wildman–Crippen LogP) is 9.07. The van der Waals surface area contributed by atoms with E-state index < -0.39 is 0 Å². The van der Waals surface area contributed by atoms with Gasteiger partial charge in [0.1, 0.15) is 0 Å². The van der Waals surface area contributed by atoms with Gasteiger partial charge in [0.25, 0.3) is 0 Å². The molecule has 1 N–H and O–H groups in total. The highest BCUT2D eigenvalue weighted by atomic mass is 16.3. The van der Waals surface area contributed by atoms with E-state index in [9.17, 15) is 5.11 Å². The highest BCUT2D eigenvalue weighted by Crippen LogP contribution is 2.29. The van der Waals surface area contributed by atoms with Gasteiger partial charge in [0, 0.05) is 0 Å². The van der Waals surface area contributed by atoms with Crippen molar-refractivity contribution in [2.45, 2.75) is 156 Å². The third-order valence-corrected chi connectivity index (χ3v) is 6.09. The van der Waals surface area contributed by atoms with Gasteiger partial charge in [-0.3, -0.25) is 0 Å². The Hall–Kier alpha value is -0.0400. The van der Waals surface area contributed by atoms with Crippen LogP contribution in [0, 0.1) is 11.8 Å². The predicted molar refractivity (Wildman–Crippen MR) is 123 cm³/mol. The van der Waals surface area contributed by atoms with Crippen LogP contribution < -0.4 is 0 Å². The molecule has 0 aromatic rings. The highest BCUT2D eigenvalue weighted by molar-refractivity contribution is 4.78. The standard InChI is InChI=1S/C26H54O/c1-6-7-16-21-26(27,22-17-12-8-10-14-19-24(2)3)23-18-13-9-11-15-20-25(4)5/h24-25,27H,6-23H2,1-5H3. The molecule has 0 aliphatic rings. The van der Waals surface area contributed by atoms with Crippen LogP contribution in [0.3, 0.4) is 0 Å². The van der Waals surface area contributed by atoms with Crippen molar-refractivity contribution in [3.05, 3.63) is 0 Å². The van der Waals surface area contributed by atoms with E-state index in [2.05, 4.69) is 34.6 Å². The van der Waals surface area contributed by atoms with Gasteiger partial charge in [-0.25, -0.2) is 0 Å². The Balaban J connectivity index is 3.93. The molecule has 1 nitrogen and oxygen atoms in total. The molecule has 27 heavy (non-hydrogen) atoms. The molecule has 0 radical (unpaired) electrons. The molecule has 0 amide bonds. The van der Waals surface area contributed by atoms with E-state index in [4.69, 9.17) is 0 Å². The van der Waals surface area contributed by atoms with Crippen molar-refractivity contribution in [3.63, 3.8) is 0 Å². The first-order valence-corrected chi connectivity index (χ1v) is 12.6. The van der Waals surface area contributed by atoms with Crippen molar-refractivity contribution >= 4 is 0 Å². The van der Waals surface area contributed by atoms with E-state index in [1.54, 1.807) is 0 Å². The summed E-state index contributed by atoms with van der Waals surface area (Å²) in [4.78, 5) is 0. The number of aliphatic hydroxyl groups is 1. The van der Waals surface area contributed by atoms with Crippen molar-refractivity contribution in [1.29, 1.82) is 0 Å². The molecule has 0 aliphatic carbocycles. The Morgan fingerprint density at radius 3 is 1.22 bits per heavy atom. The maximum absolute atomic E-state index is 11.2. The summed E-state index contributed by atoms with van der Waals surface area (Å²) in [6.45, 7) is 11.5. The van der Waals surface area contributed by atoms with Crippen molar-refractivity contribution in [1.82, 2.24) is 0 Å². The molecular weight excluding hydrogens is 328 g/mol. The zero-order chi connectivity index (χ0) is 20.4. The third-order valence-electron chi connectivity index (χ3n) is 6.09. The first-order valence-electron chi connectivity index (χ1n) is 12.6. The Morgan fingerprint density at radius 2 is 0.852 bits per heavy atom. The number of hydrogen-bond donors (Lipinski definition) is 1. The molecule has 1 heteroatoms. The molecule has 0 heterocycles. The molecule has 0 saturated carbocycles. The van der Waals surface area contributed by atoms with E-state index >= 15 is 0 Å². The summed E-state index contributed by atoms with van der Waals surface area (Å²) >= 11 is 0. The maximum atomic E-state index is 11.2. The Bertz CT molecular complexity index is 273. The Labute approximate surface area is 173 Å². The zero-order valence-electron chi connectivity index (χ0n) is 19.8. The molecule has 0 saturated heterocycles. The molecule has 0 atom stereocenters. The monoisotopic (exact) mass is 382 g/mol. The first kappa shape index (κ1) is 27.0. The zero-order valence-corrected chi connectivity index (χ0v) is 19.8. The smallest absolute Gasteiger partial charge is 0.0647 e. The van der Waals surface area contributed by atoms with Gasteiger partial charge in [0.15, 0.2) is 0 Å². The molecule has 0 fully saturated rings. The lowest BCUT2D eigenvalue weighted by atomic mass is 9.85. The van der Waals surface area contributed by atoms with Gasteiger partial charge in [-0.05, 0) is 31.1 Å². The molecular formula is C26H54O. The second-order valence-corrected chi connectivity index (χ2v) is 10.1. The van der Waals surface area contributed by atoms with Crippen molar-refractivity contribution in [3.8, 4) is 0 Å². The molecule has 0 bridgehead atoms. The van der Waals surface area contributed by atoms with E-state index in [0.29, 0.717) is 0 Å². The van der Waals surface area contributed by atoms with Crippen LogP contribution in [-0.4, -0.2) is 10.7 Å². The van der Waals surface area contributed by atoms with Crippen molar-refractivity contribution < 1.29 is 5.11 Å². The molecule has 0 aromatic carbocycles. The third kappa shape index (κ3) is 19.1. The van der Waals surface area contributed by atoms with Crippen LogP contribution in [0.5, 0.6) is 0 Å². The second-order valence-electron chi connectivity index (χ2n) is 10.1. The molecule has 0 spiro atoms. The molecule has 0 unspecified atom stereocenters. The van der Waals surface area contributed by atoms with Crippen LogP contribution in [0.4, 0.5) is 0 Å². The van der Waals surface area contributed by atoms with Crippen molar-refractivity contribution in [2.75, 3.05) is 0 Å². The molecule has 0 aromatic heterocycles. The Kier molecular flexibility index (Phi) is 18.0. The summed E-state index contributed by atoms with van der Waals surface area (Å²) in [5, 5.41) is 11.2. The van der Waals surface area contributed by atoms with E-state index in [1.165, 1.54) is 96.3 Å². The summed E-state index contributed by atoms with van der Waals surface area (Å²) in [5.41, 5.74) is -0.370. The van der Waals surface area contributed by atoms with Crippen LogP contribution in [0.1, 0.15) is 150 Å². The van der Waals surface area contributed by atoms with Gasteiger partial charge in [0.05, 0.1) is 5.60 Å². The molecule has 0 aliphatic heterocycles. The quantitative estimate of drug-likeness (QED) is 0.208. The summed E-state index contributed by atoms with van der Waals surface area (Å²) in [5.74, 6) is 1.69. The topological polar surface area (TPSA) is 20.2 Å². The second kappa shape index (κ2) is 18.0. The summed E-state index contributed by atoms with van der Waals surface area (Å²) in [7, 11) is 0. The van der Waals surface area contributed by atoms with Gasteiger partial charge in [-0.2, -0.15) is 0 Å². The van der Waals surface area contributed by atoms with Gasteiger partial charge in [-0.15, -0.1) is 0 Å². The summed E-state index contributed by atoms with van der Waals surface area (Å²) in [6, 6.07) is 0. The largest absolute Gasteiger partial charge is 0.390 e. The van der Waals surface area contributed by atoms with Crippen molar-refractivity contribution in [2.24, 2.45) is 11.8 Å². The fourth-order valence-corrected chi connectivity index (χ4v) is 4.15. The van der Waals surface area contributed by atoms with Gasteiger partial charge < -0.3 is 5.11 Å². The lowest BCUT2D eigenvalue weighted by molar-refractivity contribution is 0.00715. The minimum atomic E-state index is -0.370. The van der Waals surface area contributed by atoms with E-state index in [-0.39, 0.29) is 5.60 Å². The lowest BCUT2D eigenvalue weighted by Crippen LogP contribution is -2.28. The molecule has 164 valence electrons. The summed E-state index contributed by atoms with van der Waals surface area (Å²) < 4.78 is 0. The summed E-state index contributed by atoms with van der Waals surface area (Å²) in [6.07, 6.45) is 22.9. The maximum Gasteiger partial charge on any atom is 0.0647 e. The average Bonchev–Trinajstić information content (AvgIpc) is 2.60. The lowest BCUT2D eigenvalue weighted by Gasteiger charge is -2.28. The minimum Gasteiger partial charge on any atom is -0.390 e. The van der Waals surface area contributed by atoms with Gasteiger partial charge in [0.2, 0.25) is 0 Å². The molecule has 0 rings (SSSR count). The van der Waals surface area contributed by atoms with E-state index in [1.807, 2.05) is 0 Å². The minimum absolute atomic E-state index is 0.370. The van der Waals surface area contributed by atoms with Crippen LogP contribution >= 0.6 is 0 Å². The van der Waals surface area contributed by atoms with Crippen LogP contribution in [0.25, 0.3) is 0 Å². The number of rotatable bonds is 20. The normalized spacial score (nSPS) is 12.4. The van der Waals surface area contributed by atoms with E-state index in [0.717, 1.165) is 31.1 Å². The van der Waals surface area contributed by atoms with Crippen LogP contribution in [0.15, 0.2) is 0 Å². The van der Waals surface area contributed by atoms with Crippen LogP contribution in [0.2, 0.25) is 0 Å². The van der Waals surface area contributed by atoms with Gasteiger partial charge in [-0.1, -0.05) is 131 Å². The van der Waals surface area contributed by atoms with Gasteiger partial charge >= 0.3 is 0 Å². The Morgan fingerprint density at radius 1 is 0.519 bits per heavy atom. The number of unbranched alkanes of at least 4 members (excludes halogenated alkanes) is 10. The first-order chi connectivity index (χ1) is 12.9.